The Kier molecular flexibility index (Phi) is 6.27. The zero-order chi connectivity index (χ0) is 19.9. The van der Waals surface area contributed by atoms with Gasteiger partial charge in [0.2, 0.25) is 0 Å². The Bertz CT molecular complexity index is 943. The molecular formula is C24H25NO4. The van der Waals surface area contributed by atoms with Gasteiger partial charge in [-0.3, -0.25) is 4.79 Å². The Labute approximate surface area is 170 Å². The van der Waals surface area contributed by atoms with E-state index in [1.165, 1.54) is 0 Å². The molecule has 0 bridgehead atoms. The van der Waals surface area contributed by atoms with Crippen LogP contribution in [0.4, 0.5) is 0 Å². The lowest BCUT2D eigenvalue weighted by atomic mass is 10.1. The Balaban J connectivity index is 1.23. The molecule has 1 aliphatic heterocycles. The van der Waals surface area contributed by atoms with Gasteiger partial charge in [0.25, 0.3) is 5.91 Å². The summed E-state index contributed by atoms with van der Waals surface area (Å²) in [4.78, 5) is 12.3. The van der Waals surface area contributed by atoms with Crippen molar-refractivity contribution in [2.45, 2.75) is 18.9 Å². The predicted octanol–water partition coefficient (Wildman–Crippen LogP) is 4.21. The number of benzene rings is 3. The van der Waals surface area contributed by atoms with E-state index in [4.69, 9.17) is 14.2 Å². The molecule has 0 spiro atoms. The number of nitrogens with one attached hydrogen (secondary N) is 1. The number of ether oxygens (including phenoxy) is 3. The van der Waals surface area contributed by atoms with Crippen LogP contribution in [0.25, 0.3) is 10.8 Å². The molecule has 150 valence electrons. The van der Waals surface area contributed by atoms with Crippen molar-refractivity contribution >= 4 is 16.7 Å². The first-order chi connectivity index (χ1) is 14.3. The third-order valence-electron chi connectivity index (χ3n) is 4.97. The highest BCUT2D eigenvalue weighted by Crippen LogP contribution is 2.24. The predicted molar refractivity (Wildman–Crippen MR) is 113 cm³/mol. The van der Waals surface area contributed by atoms with Gasteiger partial charge < -0.3 is 19.5 Å². The minimum atomic E-state index is -0.128. The molecule has 3 aromatic rings. The van der Waals surface area contributed by atoms with Crippen molar-refractivity contribution in [3.8, 4) is 11.5 Å². The number of fused-ring (bicyclic) bond motifs is 1. The SMILES string of the molecule is O=C(NCCOc1cccc2ccccc12)c1ccc(OCC2CCCO2)cc1. The Hall–Kier alpha value is -3.05. The zero-order valence-corrected chi connectivity index (χ0v) is 16.3. The summed E-state index contributed by atoms with van der Waals surface area (Å²) in [6, 6.07) is 21.2. The van der Waals surface area contributed by atoms with Crippen molar-refractivity contribution in [2.75, 3.05) is 26.4 Å². The van der Waals surface area contributed by atoms with Crippen LogP contribution in [0, 0.1) is 0 Å². The van der Waals surface area contributed by atoms with E-state index in [9.17, 15) is 4.79 Å². The van der Waals surface area contributed by atoms with E-state index in [2.05, 4.69) is 17.4 Å². The van der Waals surface area contributed by atoms with Crippen LogP contribution in [0.2, 0.25) is 0 Å². The highest BCUT2D eigenvalue weighted by molar-refractivity contribution is 5.94. The fourth-order valence-corrected chi connectivity index (χ4v) is 3.42. The highest BCUT2D eigenvalue weighted by Gasteiger charge is 2.16. The van der Waals surface area contributed by atoms with Gasteiger partial charge in [-0.2, -0.15) is 0 Å². The third kappa shape index (κ3) is 5.06. The van der Waals surface area contributed by atoms with Crippen LogP contribution in [0.3, 0.4) is 0 Å². The molecule has 1 fully saturated rings. The number of rotatable bonds is 8. The average molecular weight is 391 g/mol. The standard InChI is InChI=1S/C24H25NO4/c26-24(19-10-12-20(13-11-19)29-17-21-7-4-15-27-21)25-14-16-28-23-9-3-6-18-5-1-2-8-22(18)23/h1-3,5-6,8-13,21H,4,7,14-17H2,(H,25,26). The van der Waals surface area contributed by atoms with Gasteiger partial charge in [0.15, 0.2) is 0 Å². The average Bonchev–Trinajstić information content (AvgIpc) is 3.29. The molecule has 29 heavy (non-hydrogen) atoms. The second kappa shape index (κ2) is 9.43. The molecule has 5 nitrogen and oxygen atoms in total. The van der Waals surface area contributed by atoms with Crippen LogP contribution in [-0.2, 0) is 4.74 Å². The molecule has 3 aromatic carbocycles. The van der Waals surface area contributed by atoms with Gasteiger partial charge >= 0.3 is 0 Å². The van der Waals surface area contributed by atoms with Crippen LogP contribution in [0.1, 0.15) is 23.2 Å². The maximum atomic E-state index is 12.3. The molecule has 1 saturated heterocycles. The summed E-state index contributed by atoms with van der Waals surface area (Å²) in [7, 11) is 0. The van der Waals surface area contributed by atoms with Crippen LogP contribution < -0.4 is 14.8 Å². The van der Waals surface area contributed by atoms with Gasteiger partial charge in [0.1, 0.15) is 24.7 Å². The fourth-order valence-electron chi connectivity index (χ4n) is 3.42. The van der Waals surface area contributed by atoms with Gasteiger partial charge in [0, 0.05) is 17.6 Å². The fraction of sp³-hybridized carbons (Fsp3) is 0.292. The number of hydrogen-bond donors (Lipinski definition) is 1. The number of hydrogen-bond acceptors (Lipinski definition) is 4. The molecule has 1 atom stereocenters. The van der Waals surface area contributed by atoms with Crippen LogP contribution in [0.15, 0.2) is 66.7 Å². The molecule has 0 aliphatic carbocycles. The quantitative estimate of drug-likeness (QED) is 0.585. The molecule has 4 rings (SSSR count). The van der Waals surface area contributed by atoms with Gasteiger partial charge in [-0.25, -0.2) is 0 Å². The first-order valence-electron chi connectivity index (χ1n) is 10.0. The normalized spacial score (nSPS) is 15.9. The molecule has 0 aromatic heterocycles. The van der Waals surface area contributed by atoms with E-state index in [1.54, 1.807) is 12.1 Å². The van der Waals surface area contributed by atoms with Crippen molar-refractivity contribution in [1.29, 1.82) is 0 Å². The minimum absolute atomic E-state index is 0.128. The second-order valence-electron chi connectivity index (χ2n) is 7.05. The van der Waals surface area contributed by atoms with Gasteiger partial charge in [-0.1, -0.05) is 36.4 Å². The van der Waals surface area contributed by atoms with E-state index < -0.39 is 0 Å². The van der Waals surface area contributed by atoms with Crippen LogP contribution >= 0.6 is 0 Å². The lowest BCUT2D eigenvalue weighted by molar-refractivity contribution is 0.0679. The number of carbonyl (C=O) groups excluding carboxylic acids is 1. The van der Waals surface area contributed by atoms with Crippen molar-refractivity contribution in [2.24, 2.45) is 0 Å². The molecule has 1 aliphatic rings. The van der Waals surface area contributed by atoms with Gasteiger partial charge in [0.05, 0.1) is 12.6 Å². The molecular weight excluding hydrogens is 366 g/mol. The Morgan fingerprint density at radius 2 is 1.83 bits per heavy atom. The molecule has 5 heteroatoms. The van der Waals surface area contributed by atoms with E-state index in [1.807, 2.05) is 42.5 Å². The smallest absolute Gasteiger partial charge is 0.251 e. The van der Waals surface area contributed by atoms with Gasteiger partial charge in [-0.05, 0) is 48.6 Å². The number of amides is 1. The summed E-state index contributed by atoms with van der Waals surface area (Å²) in [6.45, 7) is 2.20. The Morgan fingerprint density at radius 1 is 1.00 bits per heavy atom. The first-order valence-corrected chi connectivity index (χ1v) is 10.0. The zero-order valence-electron chi connectivity index (χ0n) is 16.3. The summed E-state index contributed by atoms with van der Waals surface area (Å²) in [5, 5.41) is 5.09. The highest BCUT2D eigenvalue weighted by atomic mass is 16.5. The monoisotopic (exact) mass is 391 g/mol. The molecule has 1 amide bonds. The summed E-state index contributed by atoms with van der Waals surface area (Å²) < 4.78 is 17.1. The van der Waals surface area contributed by atoms with E-state index in [-0.39, 0.29) is 12.0 Å². The summed E-state index contributed by atoms with van der Waals surface area (Å²) >= 11 is 0. The van der Waals surface area contributed by atoms with Crippen LogP contribution in [0.5, 0.6) is 11.5 Å². The van der Waals surface area contributed by atoms with Crippen molar-refractivity contribution in [3.63, 3.8) is 0 Å². The van der Waals surface area contributed by atoms with Crippen molar-refractivity contribution < 1.29 is 19.0 Å². The van der Waals surface area contributed by atoms with Gasteiger partial charge in [-0.15, -0.1) is 0 Å². The summed E-state index contributed by atoms with van der Waals surface area (Å²) in [5.41, 5.74) is 0.597. The molecule has 0 radical (unpaired) electrons. The van der Waals surface area contributed by atoms with Crippen molar-refractivity contribution in [3.05, 3.63) is 72.3 Å². The molecule has 1 N–H and O–H groups in total. The van der Waals surface area contributed by atoms with E-state index in [0.29, 0.717) is 25.3 Å². The number of carbonyl (C=O) groups is 1. The Morgan fingerprint density at radius 3 is 2.66 bits per heavy atom. The summed E-state index contributed by atoms with van der Waals surface area (Å²) in [5.74, 6) is 1.44. The van der Waals surface area contributed by atoms with E-state index in [0.717, 1.165) is 41.7 Å². The lowest BCUT2D eigenvalue weighted by Gasteiger charge is -2.12. The summed E-state index contributed by atoms with van der Waals surface area (Å²) in [6.07, 6.45) is 2.32. The molecule has 0 saturated carbocycles. The lowest BCUT2D eigenvalue weighted by Crippen LogP contribution is -2.28. The van der Waals surface area contributed by atoms with E-state index >= 15 is 0 Å². The third-order valence-corrected chi connectivity index (χ3v) is 4.97. The second-order valence-corrected chi connectivity index (χ2v) is 7.05. The van der Waals surface area contributed by atoms with Crippen LogP contribution in [-0.4, -0.2) is 38.4 Å². The maximum absolute atomic E-state index is 12.3. The molecule has 1 unspecified atom stereocenters. The first kappa shape index (κ1) is 19.3. The topological polar surface area (TPSA) is 56.8 Å². The largest absolute Gasteiger partial charge is 0.491 e. The molecule has 1 heterocycles. The minimum Gasteiger partial charge on any atom is -0.491 e. The maximum Gasteiger partial charge on any atom is 0.251 e. The van der Waals surface area contributed by atoms with Crippen molar-refractivity contribution in [1.82, 2.24) is 5.32 Å².